The Hall–Kier alpha value is -0.315. The van der Waals surface area contributed by atoms with Crippen LogP contribution in [0.2, 0.25) is 0 Å². The molecule has 0 aliphatic heterocycles. The lowest BCUT2D eigenvalue weighted by molar-refractivity contribution is 0.338. The summed E-state index contributed by atoms with van der Waals surface area (Å²) in [5, 5.41) is 20.8. The van der Waals surface area contributed by atoms with Gasteiger partial charge in [0.15, 0.2) is 0 Å². The molecule has 0 saturated heterocycles. The van der Waals surface area contributed by atoms with Crippen molar-refractivity contribution < 1.29 is 10.0 Å². The Balaban J connectivity index is 2.63. The Labute approximate surface area is 101 Å². The predicted molar refractivity (Wildman–Crippen MR) is 69.4 cm³/mol. The summed E-state index contributed by atoms with van der Waals surface area (Å²) in [6.45, 7) is 8.87. The van der Waals surface area contributed by atoms with Crippen molar-refractivity contribution in [3.8, 4) is 0 Å². The number of hydrogen-bond acceptors (Lipinski definition) is 3. The van der Waals surface area contributed by atoms with Crippen LogP contribution >= 0.6 is 11.3 Å². The minimum absolute atomic E-state index is 0.0594. The Kier molecular flexibility index (Phi) is 2.72. The van der Waals surface area contributed by atoms with Crippen LogP contribution in [0.25, 0.3) is 0 Å². The molecule has 0 spiro atoms. The van der Waals surface area contributed by atoms with Gasteiger partial charge in [0.25, 0.3) is 0 Å². The Morgan fingerprint density at radius 2 is 1.69 bits per heavy atom. The zero-order valence-electron chi connectivity index (χ0n) is 10.4. The topological polar surface area (TPSA) is 40.5 Å². The SMILES string of the molecule is CC1(C)CCC(C)(C)c2c(B(O)O)csc21. The standard InChI is InChI=1S/C12H19BO2S/c1-11(2)5-6-12(3,4)10-9(11)8(7-16-10)13(14)15/h7,14-15H,5-6H2,1-4H3. The second kappa shape index (κ2) is 3.59. The summed E-state index contributed by atoms with van der Waals surface area (Å²) < 4.78 is 0. The largest absolute Gasteiger partial charge is 0.489 e. The lowest BCUT2D eigenvalue weighted by atomic mass is 9.62. The Morgan fingerprint density at radius 3 is 2.25 bits per heavy atom. The summed E-state index contributed by atoms with van der Waals surface area (Å²) in [7, 11) is -1.34. The van der Waals surface area contributed by atoms with Crippen LogP contribution in [-0.4, -0.2) is 17.2 Å². The van der Waals surface area contributed by atoms with Crippen molar-refractivity contribution >= 4 is 23.9 Å². The fourth-order valence-electron chi connectivity index (χ4n) is 2.62. The second-order valence-corrected chi connectivity index (χ2v) is 6.92. The van der Waals surface area contributed by atoms with Gasteiger partial charge in [-0.25, -0.2) is 0 Å². The first-order valence-electron chi connectivity index (χ1n) is 5.74. The van der Waals surface area contributed by atoms with E-state index >= 15 is 0 Å². The molecule has 0 fully saturated rings. The maximum atomic E-state index is 9.43. The molecule has 0 amide bonds. The van der Waals surface area contributed by atoms with E-state index in [0.717, 1.165) is 12.8 Å². The van der Waals surface area contributed by atoms with Crippen LogP contribution < -0.4 is 5.46 Å². The normalized spacial score (nSPS) is 21.6. The highest BCUT2D eigenvalue weighted by Gasteiger charge is 2.41. The van der Waals surface area contributed by atoms with Gasteiger partial charge in [-0.2, -0.15) is 0 Å². The minimum Gasteiger partial charge on any atom is -0.423 e. The average molecular weight is 238 g/mol. The summed E-state index contributed by atoms with van der Waals surface area (Å²) in [6, 6.07) is 0. The molecule has 0 bridgehead atoms. The number of thiophene rings is 1. The van der Waals surface area contributed by atoms with Gasteiger partial charge in [-0.05, 0) is 40.1 Å². The molecular weight excluding hydrogens is 219 g/mol. The molecule has 0 atom stereocenters. The highest BCUT2D eigenvalue weighted by Crippen LogP contribution is 2.47. The van der Waals surface area contributed by atoms with Gasteiger partial charge < -0.3 is 10.0 Å². The van der Waals surface area contributed by atoms with Gasteiger partial charge in [0.1, 0.15) is 0 Å². The van der Waals surface area contributed by atoms with Crippen LogP contribution in [-0.2, 0) is 10.8 Å². The highest BCUT2D eigenvalue weighted by molar-refractivity contribution is 7.11. The molecule has 0 aromatic carbocycles. The van der Waals surface area contributed by atoms with Crippen LogP contribution in [0.3, 0.4) is 0 Å². The van der Waals surface area contributed by atoms with E-state index in [1.165, 1.54) is 10.4 Å². The van der Waals surface area contributed by atoms with Crippen LogP contribution in [0.15, 0.2) is 5.38 Å². The van der Waals surface area contributed by atoms with Crippen molar-refractivity contribution in [3.05, 3.63) is 15.8 Å². The van der Waals surface area contributed by atoms with Gasteiger partial charge in [-0.15, -0.1) is 11.3 Å². The van der Waals surface area contributed by atoms with Crippen molar-refractivity contribution in [1.29, 1.82) is 0 Å². The van der Waals surface area contributed by atoms with Crippen molar-refractivity contribution in [2.75, 3.05) is 0 Å². The molecule has 2 nitrogen and oxygen atoms in total. The molecule has 2 rings (SSSR count). The molecular formula is C12H19BO2S. The van der Waals surface area contributed by atoms with Crippen molar-refractivity contribution in [1.82, 2.24) is 0 Å². The fourth-order valence-corrected chi connectivity index (χ4v) is 4.04. The number of fused-ring (bicyclic) bond motifs is 1. The van der Waals surface area contributed by atoms with Crippen LogP contribution in [0.5, 0.6) is 0 Å². The van der Waals surface area contributed by atoms with E-state index in [-0.39, 0.29) is 10.8 Å². The van der Waals surface area contributed by atoms with Crippen LogP contribution in [0.1, 0.15) is 51.0 Å². The third-order valence-electron chi connectivity index (χ3n) is 3.76. The number of rotatable bonds is 1. The molecule has 16 heavy (non-hydrogen) atoms. The summed E-state index contributed by atoms with van der Waals surface area (Å²) in [4.78, 5) is 1.33. The van der Waals surface area contributed by atoms with Crippen molar-refractivity contribution in [3.63, 3.8) is 0 Å². The van der Waals surface area contributed by atoms with E-state index in [9.17, 15) is 10.0 Å². The molecule has 1 aliphatic rings. The lowest BCUT2D eigenvalue weighted by Crippen LogP contribution is -2.41. The van der Waals surface area contributed by atoms with E-state index in [1.54, 1.807) is 11.3 Å². The van der Waals surface area contributed by atoms with E-state index in [1.807, 2.05) is 5.38 Å². The summed E-state index contributed by atoms with van der Waals surface area (Å²) >= 11 is 1.67. The van der Waals surface area contributed by atoms with Gasteiger partial charge in [0.2, 0.25) is 0 Å². The zero-order chi connectivity index (χ0) is 12.1. The lowest BCUT2D eigenvalue weighted by Gasteiger charge is -2.40. The van der Waals surface area contributed by atoms with E-state index in [0.29, 0.717) is 5.46 Å². The van der Waals surface area contributed by atoms with Gasteiger partial charge in [-0.1, -0.05) is 27.7 Å². The summed E-state index contributed by atoms with van der Waals surface area (Å²) in [6.07, 6.45) is 2.26. The van der Waals surface area contributed by atoms with Crippen LogP contribution in [0.4, 0.5) is 0 Å². The Morgan fingerprint density at radius 1 is 1.12 bits per heavy atom. The summed E-state index contributed by atoms with van der Waals surface area (Å²) in [5.41, 5.74) is 2.11. The molecule has 1 aromatic heterocycles. The van der Waals surface area contributed by atoms with E-state index in [4.69, 9.17) is 0 Å². The molecule has 2 N–H and O–H groups in total. The maximum absolute atomic E-state index is 9.43. The van der Waals surface area contributed by atoms with Gasteiger partial charge in [0, 0.05) is 4.88 Å². The molecule has 0 radical (unpaired) electrons. The first-order valence-corrected chi connectivity index (χ1v) is 6.62. The second-order valence-electron chi connectivity index (χ2n) is 6.04. The van der Waals surface area contributed by atoms with Gasteiger partial charge >= 0.3 is 7.12 Å². The smallest absolute Gasteiger partial charge is 0.423 e. The zero-order valence-corrected chi connectivity index (χ0v) is 11.2. The number of hydrogen-bond donors (Lipinski definition) is 2. The predicted octanol–water partition coefficient (Wildman–Crippen LogP) is 1.78. The third-order valence-corrected chi connectivity index (χ3v) is 5.13. The molecule has 1 aromatic rings. The first-order chi connectivity index (χ1) is 7.26. The molecule has 88 valence electrons. The summed E-state index contributed by atoms with van der Waals surface area (Å²) in [5.74, 6) is 0. The van der Waals surface area contributed by atoms with Gasteiger partial charge in [-0.3, -0.25) is 0 Å². The minimum atomic E-state index is -1.34. The maximum Gasteiger partial charge on any atom is 0.489 e. The average Bonchev–Trinajstić information content (AvgIpc) is 2.59. The van der Waals surface area contributed by atoms with Crippen LogP contribution in [0, 0.1) is 0 Å². The van der Waals surface area contributed by atoms with E-state index in [2.05, 4.69) is 27.7 Å². The van der Waals surface area contributed by atoms with Crippen molar-refractivity contribution in [2.45, 2.75) is 51.4 Å². The molecule has 1 heterocycles. The molecule has 1 aliphatic carbocycles. The molecule has 0 saturated carbocycles. The fraction of sp³-hybridized carbons (Fsp3) is 0.667. The molecule has 4 heteroatoms. The third kappa shape index (κ3) is 1.73. The van der Waals surface area contributed by atoms with Gasteiger partial charge in [0.05, 0.1) is 0 Å². The quantitative estimate of drug-likeness (QED) is 0.732. The Bertz CT molecular complexity index is 407. The molecule has 0 unspecified atom stereocenters. The monoisotopic (exact) mass is 238 g/mol. The first kappa shape index (κ1) is 12.2. The highest BCUT2D eigenvalue weighted by atomic mass is 32.1. The van der Waals surface area contributed by atoms with E-state index < -0.39 is 7.12 Å². The van der Waals surface area contributed by atoms with Crippen molar-refractivity contribution in [2.24, 2.45) is 0 Å².